The monoisotopic (exact) mass is 362 g/mol. The third kappa shape index (κ3) is 4.80. The van der Waals surface area contributed by atoms with Crippen LogP contribution in [0.2, 0.25) is 0 Å². The van der Waals surface area contributed by atoms with E-state index in [4.69, 9.17) is 6.42 Å². The molecule has 1 aromatic carbocycles. The minimum Gasteiger partial charge on any atom is -0.354 e. The molecule has 1 aliphatic rings. The van der Waals surface area contributed by atoms with Crippen LogP contribution in [-0.4, -0.2) is 22.3 Å². The van der Waals surface area contributed by atoms with E-state index in [0.29, 0.717) is 0 Å². The molecule has 0 radical (unpaired) electrons. The molecule has 0 fully saturated rings. The van der Waals surface area contributed by atoms with E-state index in [2.05, 4.69) is 41.8 Å². The van der Waals surface area contributed by atoms with Crippen molar-refractivity contribution in [1.29, 1.82) is 0 Å². The Morgan fingerprint density at radius 3 is 2.57 bits per heavy atom. The summed E-state index contributed by atoms with van der Waals surface area (Å²) in [5.41, 5.74) is 2.40. The van der Waals surface area contributed by atoms with Crippen molar-refractivity contribution in [3.63, 3.8) is 0 Å². The van der Waals surface area contributed by atoms with Crippen molar-refractivity contribution < 1.29 is 0 Å². The number of fused-ring (bicyclic) bond motifs is 1. The van der Waals surface area contributed by atoms with Crippen LogP contribution >= 0.6 is 28.7 Å². The summed E-state index contributed by atoms with van der Waals surface area (Å²) < 4.78 is 0. The van der Waals surface area contributed by atoms with Gasteiger partial charge in [0.15, 0.2) is 0 Å². The molecular weight excluding hydrogens is 344 g/mol. The van der Waals surface area contributed by atoms with Crippen LogP contribution in [0.25, 0.3) is 10.9 Å². The largest absolute Gasteiger partial charge is 0.354 e. The predicted octanol–water partition coefficient (Wildman–Crippen LogP) is 4.69. The molecule has 3 rings (SSSR count). The number of pyridine rings is 1. The van der Waals surface area contributed by atoms with Crippen LogP contribution in [0.1, 0.15) is 13.8 Å². The maximum absolute atomic E-state index is 5.19. The van der Waals surface area contributed by atoms with E-state index >= 15 is 0 Å². The molecule has 1 aliphatic heterocycles. The zero-order chi connectivity index (χ0) is 14.4. The molecule has 0 unspecified atom stereocenters. The number of nitrogens with zero attached hydrogens (tertiary/aromatic N) is 2. The van der Waals surface area contributed by atoms with E-state index in [-0.39, 0.29) is 17.0 Å². The summed E-state index contributed by atoms with van der Waals surface area (Å²) in [4.78, 5) is 7.79. The van der Waals surface area contributed by atoms with Crippen molar-refractivity contribution >= 4 is 39.6 Å². The van der Waals surface area contributed by atoms with Gasteiger partial charge in [-0.3, -0.25) is 4.98 Å². The zero-order valence-corrected chi connectivity index (χ0v) is 14.8. The number of benzene rings is 1. The molecule has 110 valence electrons. The van der Waals surface area contributed by atoms with Gasteiger partial charge in [0.25, 0.3) is 0 Å². The van der Waals surface area contributed by atoms with Gasteiger partial charge in [-0.25, -0.2) is 0 Å². The Balaban J connectivity index is 0.000000200. The number of rotatable bonds is 1. The quantitative estimate of drug-likeness (QED) is 0.684. The van der Waals surface area contributed by atoms with Crippen LogP contribution in [-0.2, 0) is 0 Å². The van der Waals surface area contributed by atoms with Gasteiger partial charge in [-0.1, -0.05) is 30.2 Å². The number of allylic oxidation sites excluding steroid dienone is 2. The van der Waals surface area contributed by atoms with E-state index in [1.54, 1.807) is 0 Å². The van der Waals surface area contributed by atoms with E-state index in [1.807, 2.05) is 42.2 Å². The van der Waals surface area contributed by atoms with Gasteiger partial charge in [0, 0.05) is 22.2 Å². The topological polar surface area (TPSA) is 16.1 Å². The highest BCUT2D eigenvalue weighted by Crippen LogP contribution is 2.30. The van der Waals surface area contributed by atoms with Gasteiger partial charge in [0.1, 0.15) is 0 Å². The summed E-state index contributed by atoms with van der Waals surface area (Å²) in [6.45, 7) is 5.00. The van der Waals surface area contributed by atoms with E-state index in [0.717, 1.165) is 17.9 Å². The molecule has 4 heteroatoms. The number of halogens is 1. The lowest BCUT2D eigenvalue weighted by Gasteiger charge is -2.14. The van der Waals surface area contributed by atoms with Gasteiger partial charge in [-0.15, -0.1) is 35.2 Å². The van der Waals surface area contributed by atoms with Crippen LogP contribution in [0.5, 0.6) is 0 Å². The molecule has 21 heavy (non-hydrogen) atoms. The van der Waals surface area contributed by atoms with Crippen molar-refractivity contribution in [1.82, 2.24) is 9.88 Å². The van der Waals surface area contributed by atoms with Gasteiger partial charge >= 0.3 is 0 Å². The normalized spacial score (nSPS) is 13.3. The lowest BCUT2D eigenvalue weighted by Crippen LogP contribution is -2.17. The second-order valence-corrected chi connectivity index (χ2v) is 5.67. The summed E-state index contributed by atoms with van der Waals surface area (Å²) in [5.74, 6) is 3.67. The second-order valence-electron chi connectivity index (χ2n) is 4.51. The number of thioether (sulfide) groups is 1. The molecule has 0 bridgehead atoms. The Hall–Kier alpha value is -1.44. The zero-order valence-electron chi connectivity index (χ0n) is 12.2. The van der Waals surface area contributed by atoms with Gasteiger partial charge in [0.2, 0.25) is 0 Å². The first-order valence-corrected chi connectivity index (χ1v) is 7.49. The van der Waals surface area contributed by atoms with Crippen molar-refractivity contribution in [2.24, 2.45) is 0 Å². The fourth-order valence-electron chi connectivity index (χ4n) is 1.89. The van der Waals surface area contributed by atoms with Crippen LogP contribution in [0, 0.1) is 12.3 Å². The Bertz CT molecular complexity index is 596. The Labute approximate surface area is 141 Å². The summed E-state index contributed by atoms with van der Waals surface area (Å²) in [6.07, 6.45) is 7.00. The SMILES string of the molecule is Br.C#CCN1CSC(C)=C1C.c1ccc2ncccc2c1. The minimum atomic E-state index is 0. The minimum absolute atomic E-state index is 0. The molecule has 0 amide bonds. The molecule has 0 spiro atoms. The molecular formula is C17H19BrN2S. The number of aromatic nitrogens is 1. The highest BCUT2D eigenvalue weighted by molar-refractivity contribution is 8.93. The number of terminal acetylenes is 1. The van der Waals surface area contributed by atoms with Gasteiger partial charge < -0.3 is 4.90 Å². The fourth-order valence-corrected chi connectivity index (χ4v) is 2.86. The Kier molecular flexibility index (Phi) is 7.35. The number of para-hydroxylation sites is 1. The number of hydrogen-bond donors (Lipinski definition) is 0. The predicted molar refractivity (Wildman–Crippen MR) is 98.4 cm³/mol. The van der Waals surface area contributed by atoms with Crippen LogP contribution in [0.4, 0.5) is 0 Å². The second kappa shape index (κ2) is 8.76. The van der Waals surface area contributed by atoms with Crippen LogP contribution in [0.15, 0.2) is 53.2 Å². The Morgan fingerprint density at radius 1 is 1.24 bits per heavy atom. The fraction of sp³-hybridized carbons (Fsp3) is 0.235. The third-order valence-corrected chi connectivity index (χ3v) is 4.38. The van der Waals surface area contributed by atoms with Crippen molar-refractivity contribution in [3.8, 4) is 12.3 Å². The van der Waals surface area contributed by atoms with Gasteiger partial charge in [0.05, 0.1) is 17.9 Å². The van der Waals surface area contributed by atoms with E-state index < -0.39 is 0 Å². The lowest BCUT2D eigenvalue weighted by molar-refractivity contribution is 0.462. The first kappa shape index (κ1) is 17.6. The van der Waals surface area contributed by atoms with Gasteiger partial charge in [-0.2, -0.15) is 0 Å². The summed E-state index contributed by atoms with van der Waals surface area (Å²) in [7, 11) is 0. The van der Waals surface area contributed by atoms with Crippen LogP contribution in [0.3, 0.4) is 0 Å². The molecule has 0 aliphatic carbocycles. The van der Waals surface area contributed by atoms with Crippen molar-refractivity contribution in [3.05, 3.63) is 53.2 Å². The average molecular weight is 363 g/mol. The molecule has 1 aromatic heterocycles. The first-order valence-electron chi connectivity index (χ1n) is 6.51. The molecule has 0 N–H and O–H groups in total. The maximum atomic E-state index is 5.19. The highest BCUT2D eigenvalue weighted by Gasteiger charge is 2.14. The smallest absolute Gasteiger partial charge is 0.0797 e. The molecule has 0 saturated carbocycles. The Morgan fingerprint density at radius 2 is 1.95 bits per heavy atom. The van der Waals surface area contributed by atoms with E-state index in [1.165, 1.54) is 16.0 Å². The standard InChI is InChI=1S/C9H7N.C8H11NS.BrH/c1-2-6-9-8(4-1)5-3-7-10-9;1-4-5-9-6-10-8(3)7(9)2;/h1-7H;1H,5-6H2,2-3H3;1H. The summed E-state index contributed by atoms with van der Waals surface area (Å²) in [5, 5.41) is 1.20. The third-order valence-electron chi connectivity index (χ3n) is 3.22. The molecule has 2 aromatic rings. The first-order chi connectivity index (χ1) is 9.72. The summed E-state index contributed by atoms with van der Waals surface area (Å²) >= 11 is 1.86. The van der Waals surface area contributed by atoms with Crippen molar-refractivity contribution in [2.45, 2.75) is 13.8 Å². The number of hydrogen-bond acceptors (Lipinski definition) is 3. The molecule has 2 nitrogen and oxygen atoms in total. The van der Waals surface area contributed by atoms with E-state index in [9.17, 15) is 0 Å². The average Bonchev–Trinajstić information content (AvgIpc) is 2.81. The maximum Gasteiger partial charge on any atom is 0.0797 e. The molecule has 0 atom stereocenters. The molecule has 0 saturated heterocycles. The van der Waals surface area contributed by atoms with Crippen LogP contribution < -0.4 is 0 Å². The van der Waals surface area contributed by atoms with Crippen molar-refractivity contribution in [2.75, 3.05) is 12.4 Å². The highest BCUT2D eigenvalue weighted by atomic mass is 79.9. The lowest BCUT2D eigenvalue weighted by atomic mass is 10.2. The van der Waals surface area contributed by atoms with Gasteiger partial charge in [-0.05, 0) is 26.0 Å². The summed E-state index contributed by atoms with van der Waals surface area (Å²) in [6, 6.07) is 12.1. The molecule has 2 heterocycles.